The van der Waals surface area contributed by atoms with Crippen molar-refractivity contribution in [2.45, 2.75) is 37.8 Å². The third-order valence-corrected chi connectivity index (χ3v) is 6.80. The van der Waals surface area contributed by atoms with Crippen LogP contribution in [0.3, 0.4) is 0 Å². The zero-order valence-corrected chi connectivity index (χ0v) is 14.6. The Hall–Kier alpha value is -0.140. The molecule has 2 heterocycles. The molecule has 0 aliphatic carbocycles. The summed E-state index contributed by atoms with van der Waals surface area (Å²) >= 11 is 1.34. The first-order chi connectivity index (χ1) is 8.82. The fourth-order valence-electron chi connectivity index (χ4n) is 2.49. The maximum atomic E-state index is 12.3. The van der Waals surface area contributed by atoms with Crippen LogP contribution in [0, 0.1) is 19.3 Å². The van der Waals surface area contributed by atoms with Gasteiger partial charge < -0.3 is 5.32 Å². The van der Waals surface area contributed by atoms with Gasteiger partial charge in [-0.15, -0.1) is 23.7 Å². The number of sulfonamides is 1. The molecule has 1 atom stereocenters. The van der Waals surface area contributed by atoms with Crippen molar-refractivity contribution >= 4 is 33.8 Å². The van der Waals surface area contributed by atoms with Gasteiger partial charge in [-0.3, -0.25) is 0 Å². The van der Waals surface area contributed by atoms with E-state index in [1.807, 2.05) is 19.9 Å². The number of rotatable bonds is 4. The highest BCUT2D eigenvalue weighted by Gasteiger charge is 2.29. The standard InChI is InChI=1S/C13H22N2O2S2.ClH/c1-10-7-11(2)18-12(10)19(16,17)15-9-13(3)5-4-6-14-8-13;/h7,14-15H,4-6,8-9H2,1-3H3;1H. The predicted molar refractivity (Wildman–Crippen MR) is 86.4 cm³/mol. The Morgan fingerprint density at radius 1 is 1.45 bits per heavy atom. The Morgan fingerprint density at radius 3 is 2.65 bits per heavy atom. The molecule has 1 aliphatic heterocycles. The van der Waals surface area contributed by atoms with Crippen LogP contribution in [0.5, 0.6) is 0 Å². The fraction of sp³-hybridized carbons (Fsp3) is 0.692. The molecule has 20 heavy (non-hydrogen) atoms. The molecular weight excluding hydrogens is 316 g/mol. The molecule has 116 valence electrons. The zero-order chi connectivity index (χ0) is 14.1. The molecule has 1 aliphatic rings. The van der Waals surface area contributed by atoms with Gasteiger partial charge in [0, 0.05) is 18.0 Å². The van der Waals surface area contributed by atoms with Crippen LogP contribution >= 0.6 is 23.7 Å². The summed E-state index contributed by atoms with van der Waals surface area (Å²) in [6.45, 7) is 8.32. The first kappa shape index (κ1) is 17.9. The maximum Gasteiger partial charge on any atom is 0.250 e. The minimum Gasteiger partial charge on any atom is -0.316 e. The molecule has 2 rings (SSSR count). The van der Waals surface area contributed by atoms with Gasteiger partial charge in [-0.25, -0.2) is 13.1 Å². The van der Waals surface area contributed by atoms with Crippen LogP contribution in [0.4, 0.5) is 0 Å². The summed E-state index contributed by atoms with van der Waals surface area (Å²) in [4.78, 5) is 1.03. The topological polar surface area (TPSA) is 58.2 Å². The molecule has 2 N–H and O–H groups in total. The second-order valence-electron chi connectivity index (χ2n) is 5.74. The fourth-order valence-corrected chi connectivity index (χ4v) is 5.40. The number of piperidine rings is 1. The van der Waals surface area contributed by atoms with E-state index >= 15 is 0 Å². The van der Waals surface area contributed by atoms with Crippen LogP contribution in [0.2, 0.25) is 0 Å². The molecular formula is C13H23ClN2O2S2. The molecule has 0 bridgehead atoms. The van der Waals surface area contributed by atoms with E-state index in [2.05, 4.69) is 17.0 Å². The summed E-state index contributed by atoms with van der Waals surface area (Å²) in [6, 6.07) is 1.92. The average Bonchev–Trinajstić information content (AvgIpc) is 2.68. The minimum atomic E-state index is -3.37. The van der Waals surface area contributed by atoms with E-state index in [0.29, 0.717) is 10.8 Å². The van der Waals surface area contributed by atoms with Crippen molar-refractivity contribution in [1.82, 2.24) is 10.0 Å². The van der Waals surface area contributed by atoms with E-state index in [0.717, 1.165) is 36.4 Å². The van der Waals surface area contributed by atoms with E-state index in [-0.39, 0.29) is 17.8 Å². The largest absolute Gasteiger partial charge is 0.316 e. The minimum absolute atomic E-state index is 0. The Labute approximate surface area is 131 Å². The third-order valence-electron chi connectivity index (χ3n) is 3.61. The summed E-state index contributed by atoms with van der Waals surface area (Å²) in [5, 5.41) is 3.33. The SMILES string of the molecule is Cc1cc(C)c(S(=O)(=O)NCC2(C)CCCNC2)s1.Cl. The van der Waals surface area contributed by atoms with Gasteiger partial charge in [0.2, 0.25) is 10.0 Å². The van der Waals surface area contributed by atoms with Crippen molar-refractivity contribution in [3.05, 3.63) is 16.5 Å². The van der Waals surface area contributed by atoms with Gasteiger partial charge in [0.05, 0.1) is 0 Å². The van der Waals surface area contributed by atoms with Crippen LogP contribution < -0.4 is 10.0 Å². The van der Waals surface area contributed by atoms with Crippen molar-refractivity contribution in [1.29, 1.82) is 0 Å². The molecule has 7 heteroatoms. The lowest BCUT2D eigenvalue weighted by Crippen LogP contribution is -2.45. The summed E-state index contributed by atoms with van der Waals surface area (Å²) in [7, 11) is -3.37. The van der Waals surface area contributed by atoms with Crippen LogP contribution in [0.1, 0.15) is 30.2 Å². The van der Waals surface area contributed by atoms with Crippen LogP contribution in [-0.2, 0) is 10.0 Å². The van der Waals surface area contributed by atoms with Crippen LogP contribution in [0.15, 0.2) is 10.3 Å². The summed E-state index contributed by atoms with van der Waals surface area (Å²) in [6.07, 6.45) is 2.17. The van der Waals surface area contributed by atoms with Gasteiger partial charge >= 0.3 is 0 Å². The second kappa shape index (κ2) is 6.75. The lowest BCUT2D eigenvalue weighted by Gasteiger charge is -2.34. The number of halogens is 1. The summed E-state index contributed by atoms with van der Waals surface area (Å²) < 4.78 is 27.9. The Kier molecular flexibility index (Phi) is 6.04. The maximum absolute atomic E-state index is 12.3. The molecule has 4 nitrogen and oxygen atoms in total. The van der Waals surface area contributed by atoms with Crippen LogP contribution in [0.25, 0.3) is 0 Å². The normalized spacial score (nSPS) is 23.4. The quantitative estimate of drug-likeness (QED) is 0.886. The van der Waals surface area contributed by atoms with E-state index in [4.69, 9.17) is 0 Å². The molecule has 1 aromatic rings. The molecule has 0 saturated carbocycles. The molecule has 1 aromatic heterocycles. The highest BCUT2D eigenvalue weighted by atomic mass is 35.5. The van der Waals surface area contributed by atoms with Gasteiger partial charge in [-0.05, 0) is 50.3 Å². The van der Waals surface area contributed by atoms with Crippen molar-refractivity contribution in [3.63, 3.8) is 0 Å². The van der Waals surface area contributed by atoms with Crippen LogP contribution in [-0.4, -0.2) is 28.1 Å². The Morgan fingerprint density at radius 2 is 2.15 bits per heavy atom. The smallest absolute Gasteiger partial charge is 0.250 e. The summed E-state index contributed by atoms with van der Waals surface area (Å²) in [5.41, 5.74) is 0.854. The molecule has 0 amide bonds. The van der Waals surface area contributed by atoms with Gasteiger partial charge in [-0.1, -0.05) is 6.92 Å². The van der Waals surface area contributed by atoms with Gasteiger partial charge in [0.1, 0.15) is 4.21 Å². The molecule has 0 spiro atoms. The van der Waals surface area contributed by atoms with Crippen molar-refractivity contribution in [3.8, 4) is 0 Å². The van der Waals surface area contributed by atoms with Crippen molar-refractivity contribution in [2.24, 2.45) is 5.41 Å². The third kappa shape index (κ3) is 4.18. The first-order valence-electron chi connectivity index (χ1n) is 6.60. The van der Waals surface area contributed by atoms with Gasteiger partial charge in [0.15, 0.2) is 0 Å². The van der Waals surface area contributed by atoms with Crippen molar-refractivity contribution < 1.29 is 8.42 Å². The lowest BCUT2D eigenvalue weighted by molar-refractivity contribution is 0.238. The first-order valence-corrected chi connectivity index (χ1v) is 8.90. The second-order valence-corrected chi connectivity index (χ2v) is 8.96. The van der Waals surface area contributed by atoms with Gasteiger partial charge in [-0.2, -0.15) is 0 Å². The number of hydrogen-bond acceptors (Lipinski definition) is 4. The molecule has 0 radical (unpaired) electrons. The number of thiophene rings is 1. The lowest BCUT2D eigenvalue weighted by atomic mass is 9.83. The average molecular weight is 339 g/mol. The molecule has 1 fully saturated rings. The molecule has 1 unspecified atom stereocenters. The predicted octanol–water partition coefficient (Wildman–Crippen LogP) is 2.45. The Bertz CT molecular complexity index is 549. The molecule has 0 aromatic carbocycles. The number of nitrogens with one attached hydrogen (secondary N) is 2. The zero-order valence-electron chi connectivity index (χ0n) is 12.2. The highest BCUT2D eigenvalue weighted by molar-refractivity contribution is 7.91. The van der Waals surface area contributed by atoms with E-state index in [1.165, 1.54) is 11.3 Å². The van der Waals surface area contributed by atoms with E-state index in [9.17, 15) is 8.42 Å². The van der Waals surface area contributed by atoms with E-state index in [1.54, 1.807) is 0 Å². The number of aryl methyl sites for hydroxylation is 2. The van der Waals surface area contributed by atoms with E-state index < -0.39 is 10.0 Å². The summed E-state index contributed by atoms with van der Waals surface area (Å²) in [5.74, 6) is 0. The Balaban J connectivity index is 0.00000200. The van der Waals surface area contributed by atoms with Crippen molar-refractivity contribution in [2.75, 3.05) is 19.6 Å². The highest BCUT2D eigenvalue weighted by Crippen LogP contribution is 2.28. The monoisotopic (exact) mass is 338 g/mol. The molecule has 1 saturated heterocycles. The number of hydrogen-bond donors (Lipinski definition) is 2. The van der Waals surface area contributed by atoms with Gasteiger partial charge in [0.25, 0.3) is 0 Å².